The van der Waals surface area contributed by atoms with Gasteiger partial charge in [0.05, 0.1) is 13.2 Å². The molecule has 0 saturated heterocycles. The molecule has 0 bridgehead atoms. The van der Waals surface area contributed by atoms with Crippen LogP contribution >= 0.6 is 0 Å². The summed E-state index contributed by atoms with van der Waals surface area (Å²) in [7, 11) is -0.0962. The van der Waals surface area contributed by atoms with Crippen molar-refractivity contribution in [3.63, 3.8) is 0 Å². The van der Waals surface area contributed by atoms with Gasteiger partial charge in [0.1, 0.15) is 0 Å². The highest BCUT2D eigenvalue weighted by Gasteiger charge is 2.54. The number of esters is 1. The average molecular weight is 407 g/mol. The van der Waals surface area contributed by atoms with E-state index in [0.29, 0.717) is 17.9 Å². The van der Waals surface area contributed by atoms with E-state index in [-0.39, 0.29) is 5.97 Å². The second-order valence-corrected chi connectivity index (χ2v) is 14.2. The Morgan fingerprint density at radius 2 is 1.82 bits per heavy atom. The fraction of sp³-hybridized carbons (Fsp3) is 0.875. The van der Waals surface area contributed by atoms with E-state index < -0.39 is 8.32 Å². The van der Waals surface area contributed by atoms with Crippen molar-refractivity contribution < 1.29 is 14.0 Å². The van der Waals surface area contributed by atoms with Crippen molar-refractivity contribution in [3.05, 3.63) is 11.1 Å². The molecule has 3 aliphatic rings. The molecule has 1 spiro atoms. The highest BCUT2D eigenvalue weighted by atomic mass is 28.4. The van der Waals surface area contributed by atoms with Crippen LogP contribution in [0.15, 0.2) is 11.1 Å². The van der Waals surface area contributed by atoms with E-state index in [4.69, 9.17) is 9.16 Å². The highest BCUT2D eigenvalue weighted by molar-refractivity contribution is 6.73. The maximum atomic E-state index is 11.6. The summed E-state index contributed by atoms with van der Waals surface area (Å²) in [5, 5.41) is 0. The molecular weight excluding hydrogens is 364 g/mol. The molecule has 3 rings (SSSR count). The lowest BCUT2D eigenvalue weighted by Gasteiger charge is -2.47. The van der Waals surface area contributed by atoms with Gasteiger partial charge >= 0.3 is 5.97 Å². The summed E-state index contributed by atoms with van der Waals surface area (Å²) in [4.78, 5) is 11.6. The molecule has 0 aromatic heterocycles. The van der Waals surface area contributed by atoms with Crippen LogP contribution in [-0.2, 0) is 14.0 Å². The second-order valence-electron chi connectivity index (χ2n) is 9.47. The van der Waals surface area contributed by atoms with Gasteiger partial charge in [0.2, 0.25) is 0 Å². The molecule has 0 aromatic rings. The number of methoxy groups -OCH3 is 1. The van der Waals surface area contributed by atoms with Crippen molar-refractivity contribution in [2.24, 2.45) is 11.3 Å². The molecule has 28 heavy (non-hydrogen) atoms. The summed E-state index contributed by atoms with van der Waals surface area (Å²) < 4.78 is 12.1. The van der Waals surface area contributed by atoms with Crippen molar-refractivity contribution in [1.29, 1.82) is 0 Å². The predicted molar refractivity (Wildman–Crippen MR) is 118 cm³/mol. The monoisotopic (exact) mass is 406 g/mol. The van der Waals surface area contributed by atoms with Crippen LogP contribution in [0, 0.1) is 11.3 Å². The van der Waals surface area contributed by atoms with Crippen LogP contribution in [0.2, 0.25) is 18.1 Å². The zero-order valence-electron chi connectivity index (χ0n) is 18.8. The van der Waals surface area contributed by atoms with E-state index in [1.54, 1.807) is 5.57 Å². The first-order chi connectivity index (χ1) is 13.5. The minimum absolute atomic E-state index is 0.0650. The van der Waals surface area contributed by atoms with Crippen molar-refractivity contribution in [1.82, 2.24) is 0 Å². The van der Waals surface area contributed by atoms with Crippen LogP contribution in [0.4, 0.5) is 0 Å². The van der Waals surface area contributed by atoms with Gasteiger partial charge in [-0.3, -0.25) is 4.79 Å². The van der Waals surface area contributed by atoms with Gasteiger partial charge < -0.3 is 9.16 Å². The third kappa shape index (κ3) is 4.14. The van der Waals surface area contributed by atoms with Crippen LogP contribution in [0.5, 0.6) is 0 Å². The first-order valence-corrected chi connectivity index (χ1v) is 14.5. The number of ether oxygens (including phenoxy) is 1. The lowest BCUT2D eigenvalue weighted by atomic mass is 9.67. The minimum Gasteiger partial charge on any atom is -0.469 e. The number of rotatable bonds is 9. The van der Waals surface area contributed by atoms with Crippen molar-refractivity contribution in [2.45, 2.75) is 116 Å². The third-order valence-electron chi connectivity index (χ3n) is 8.43. The van der Waals surface area contributed by atoms with Crippen molar-refractivity contribution in [3.8, 4) is 0 Å². The summed E-state index contributed by atoms with van der Waals surface area (Å²) in [6.45, 7) is 7.08. The predicted octanol–water partition coefficient (Wildman–Crippen LogP) is 6.78. The second kappa shape index (κ2) is 9.47. The molecule has 0 aromatic carbocycles. The molecule has 2 fully saturated rings. The number of fused-ring (bicyclic) bond motifs is 2. The Balaban J connectivity index is 1.84. The summed E-state index contributed by atoms with van der Waals surface area (Å²) in [6, 6.07) is 3.75. The minimum atomic E-state index is -1.59. The molecule has 3 nitrogen and oxygen atoms in total. The van der Waals surface area contributed by atoms with E-state index in [9.17, 15) is 4.79 Å². The topological polar surface area (TPSA) is 35.5 Å². The summed E-state index contributed by atoms with van der Waals surface area (Å²) >= 11 is 0. The number of hydrogen-bond acceptors (Lipinski definition) is 3. The van der Waals surface area contributed by atoms with Crippen LogP contribution in [0.3, 0.4) is 0 Å². The lowest BCUT2D eigenvalue weighted by Crippen LogP contribution is -2.48. The Morgan fingerprint density at radius 3 is 2.50 bits per heavy atom. The molecular formula is C24H42O3Si. The Labute approximate surface area is 173 Å². The normalized spacial score (nSPS) is 30.1. The van der Waals surface area contributed by atoms with Crippen molar-refractivity contribution in [2.75, 3.05) is 7.11 Å². The van der Waals surface area contributed by atoms with Crippen molar-refractivity contribution >= 4 is 14.3 Å². The van der Waals surface area contributed by atoms with Gasteiger partial charge in [-0.1, -0.05) is 44.8 Å². The highest BCUT2D eigenvalue weighted by Crippen LogP contribution is 2.61. The van der Waals surface area contributed by atoms with Crippen LogP contribution in [-0.4, -0.2) is 27.5 Å². The Hall–Kier alpha value is -0.613. The van der Waals surface area contributed by atoms with Gasteiger partial charge in [0.15, 0.2) is 8.32 Å². The smallest absolute Gasteiger partial charge is 0.305 e. The maximum Gasteiger partial charge on any atom is 0.305 e. The molecule has 2 saturated carbocycles. The third-order valence-corrected chi connectivity index (χ3v) is 13.1. The van der Waals surface area contributed by atoms with E-state index in [0.717, 1.165) is 18.8 Å². The van der Waals surface area contributed by atoms with Crippen LogP contribution in [0.1, 0.15) is 91.4 Å². The summed E-state index contributed by atoms with van der Waals surface area (Å²) in [5.41, 5.74) is 3.84. The molecule has 0 radical (unpaired) electrons. The Bertz CT molecular complexity index is 568. The SMILES string of the molecule is CC[Si](CC)(CC)OC1CCCCC12CC[C@H]1CCC(CCCC(=O)OC)=C12. The number of hydrogen-bond donors (Lipinski definition) is 0. The molecule has 2 unspecified atom stereocenters. The molecule has 0 amide bonds. The van der Waals surface area contributed by atoms with E-state index in [2.05, 4.69) is 20.8 Å². The quantitative estimate of drug-likeness (QED) is 0.240. The molecule has 3 atom stereocenters. The lowest BCUT2D eigenvalue weighted by molar-refractivity contribution is -0.140. The summed E-state index contributed by atoms with van der Waals surface area (Å²) in [5.74, 6) is 0.739. The van der Waals surface area contributed by atoms with Crippen LogP contribution in [0.25, 0.3) is 0 Å². The summed E-state index contributed by atoms with van der Waals surface area (Å²) in [6.07, 6.45) is 13.7. The molecule has 0 aliphatic heterocycles. The zero-order valence-corrected chi connectivity index (χ0v) is 19.8. The Morgan fingerprint density at radius 1 is 1.07 bits per heavy atom. The van der Waals surface area contributed by atoms with E-state index >= 15 is 0 Å². The molecule has 0 N–H and O–H groups in total. The van der Waals surface area contributed by atoms with Gasteiger partial charge in [-0.25, -0.2) is 0 Å². The average Bonchev–Trinajstić information content (AvgIpc) is 3.30. The zero-order chi connectivity index (χ0) is 20.2. The standard InChI is InChI=1S/C24H42O3Si/c1-5-28(6-2,7-3)27-21-12-8-9-17-24(21)18-16-20-15-14-19(23(20)24)11-10-13-22(25)26-4/h20-21H,5-18H2,1-4H3/t20-,21?,24?/m1/s1. The first-order valence-electron chi connectivity index (χ1n) is 12.0. The van der Waals surface area contributed by atoms with E-state index in [1.165, 1.54) is 76.6 Å². The number of carbonyl (C=O) groups excluding carboxylic acids is 1. The van der Waals surface area contributed by atoms with Gasteiger partial charge in [-0.2, -0.15) is 0 Å². The van der Waals surface area contributed by atoms with Crippen LogP contribution < -0.4 is 0 Å². The number of allylic oxidation sites excluding steroid dienone is 1. The van der Waals surface area contributed by atoms with E-state index in [1.807, 2.05) is 5.57 Å². The van der Waals surface area contributed by atoms with Gasteiger partial charge in [-0.05, 0) is 75.4 Å². The first kappa shape index (κ1) is 22.1. The van der Waals surface area contributed by atoms with Gasteiger partial charge in [-0.15, -0.1) is 0 Å². The van der Waals surface area contributed by atoms with Gasteiger partial charge in [0, 0.05) is 11.8 Å². The molecule has 4 heteroatoms. The largest absolute Gasteiger partial charge is 0.469 e. The molecule has 0 heterocycles. The molecule has 3 aliphatic carbocycles. The Kier molecular flexibility index (Phi) is 7.46. The fourth-order valence-electron chi connectivity index (χ4n) is 6.61. The van der Waals surface area contributed by atoms with Gasteiger partial charge in [0.25, 0.3) is 0 Å². The maximum absolute atomic E-state index is 11.6. The number of carbonyl (C=O) groups is 1. The fourth-order valence-corrected chi connectivity index (χ4v) is 9.56. The molecule has 160 valence electrons.